The number of fused-ring (bicyclic) bond motifs is 2. The molecule has 1 aliphatic rings. The fourth-order valence-corrected chi connectivity index (χ4v) is 4.90. The second kappa shape index (κ2) is 5.79. The lowest BCUT2D eigenvalue weighted by Gasteiger charge is -2.04. The zero-order chi connectivity index (χ0) is 16.8. The van der Waals surface area contributed by atoms with Gasteiger partial charge in [0.1, 0.15) is 10.7 Å². The van der Waals surface area contributed by atoms with Crippen LogP contribution in [0.5, 0.6) is 0 Å². The smallest absolute Gasteiger partial charge is 0.263 e. The van der Waals surface area contributed by atoms with E-state index < -0.39 is 0 Å². The predicted molar refractivity (Wildman–Crippen MR) is 106 cm³/mol. The van der Waals surface area contributed by atoms with E-state index in [2.05, 4.69) is 22.9 Å². The Bertz CT molecular complexity index is 1150. The lowest BCUT2D eigenvalue weighted by atomic mass is 10.1. The summed E-state index contributed by atoms with van der Waals surface area (Å²) >= 11 is 3.23. The summed E-state index contributed by atoms with van der Waals surface area (Å²) in [5, 5.41) is 6.98. The molecule has 25 heavy (non-hydrogen) atoms. The minimum absolute atomic E-state index is 0.0776. The van der Waals surface area contributed by atoms with Crippen LogP contribution in [0.1, 0.15) is 17.8 Å². The van der Waals surface area contributed by atoms with Crippen LogP contribution in [0.2, 0.25) is 0 Å². The van der Waals surface area contributed by atoms with E-state index >= 15 is 0 Å². The van der Waals surface area contributed by atoms with Crippen molar-refractivity contribution in [2.75, 3.05) is 0 Å². The maximum Gasteiger partial charge on any atom is 0.263 e. The van der Waals surface area contributed by atoms with Crippen molar-refractivity contribution in [1.29, 1.82) is 0 Å². The Morgan fingerprint density at radius 2 is 2.00 bits per heavy atom. The molecule has 3 nitrogen and oxygen atoms in total. The normalized spacial score (nSPS) is 15.1. The summed E-state index contributed by atoms with van der Waals surface area (Å²) in [6.07, 6.45) is 3.01. The molecule has 0 fully saturated rings. The number of benzene rings is 1. The van der Waals surface area contributed by atoms with Gasteiger partial charge in [0.25, 0.3) is 5.56 Å². The summed E-state index contributed by atoms with van der Waals surface area (Å²) in [5.41, 5.74) is 4.46. The molecule has 4 heterocycles. The molecule has 0 saturated carbocycles. The molecule has 0 spiro atoms. The second-order valence-electron chi connectivity index (χ2n) is 6.06. The lowest BCUT2D eigenvalue weighted by Crippen LogP contribution is -2.20. The molecule has 0 aliphatic carbocycles. The molecule has 0 amide bonds. The zero-order valence-corrected chi connectivity index (χ0v) is 14.9. The third kappa shape index (κ3) is 2.39. The summed E-state index contributed by atoms with van der Waals surface area (Å²) in [6, 6.07) is 12.2. The van der Waals surface area contributed by atoms with Crippen molar-refractivity contribution < 1.29 is 0 Å². The highest BCUT2D eigenvalue weighted by Crippen LogP contribution is 2.34. The number of hydrogen-bond donors (Lipinski definition) is 0. The van der Waals surface area contributed by atoms with Gasteiger partial charge in [-0.1, -0.05) is 30.3 Å². The van der Waals surface area contributed by atoms with Crippen LogP contribution in [0.4, 0.5) is 0 Å². The molecule has 5 heteroatoms. The number of hydrogen-bond acceptors (Lipinski definition) is 4. The minimum Gasteiger partial charge on any atom is -0.292 e. The second-order valence-corrected chi connectivity index (χ2v) is 7.70. The van der Waals surface area contributed by atoms with Crippen molar-refractivity contribution in [3.63, 3.8) is 0 Å². The van der Waals surface area contributed by atoms with Gasteiger partial charge in [-0.15, -0.1) is 11.3 Å². The van der Waals surface area contributed by atoms with Gasteiger partial charge in [-0.3, -0.25) is 9.36 Å². The van der Waals surface area contributed by atoms with E-state index in [4.69, 9.17) is 4.98 Å². The van der Waals surface area contributed by atoms with Gasteiger partial charge in [0, 0.05) is 17.5 Å². The first kappa shape index (κ1) is 14.8. The Labute approximate surface area is 152 Å². The molecule has 0 radical (unpaired) electrons. The van der Waals surface area contributed by atoms with Crippen LogP contribution in [0, 0.1) is 0 Å². The average molecular weight is 362 g/mol. The molecule has 3 aromatic heterocycles. The van der Waals surface area contributed by atoms with Gasteiger partial charge in [-0.25, -0.2) is 4.98 Å². The van der Waals surface area contributed by atoms with E-state index in [1.165, 1.54) is 5.56 Å². The van der Waals surface area contributed by atoms with Crippen LogP contribution in [-0.4, -0.2) is 9.55 Å². The highest BCUT2D eigenvalue weighted by atomic mass is 32.1. The first-order valence-electron chi connectivity index (χ1n) is 8.12. The van der Waals surface area contributed by atoms with E-state index in [0.29, 0.717) is 6.54 Å². The summed E-state index contributed by atoms with van der Waals surface area (Å²) in [7, 11) is 0. The van der Waals surface area contributed by atoms with Gasteiger partial charge < -0.3 is 0 Å². The van der Waals surface area contributed by atoms with E-state index in [9.17, 15) is 4.79 Å². The molecule has 0 N–H and O–H groups in total. The van der Waals surface area contributed by atoms with Crippen LogP contribution in [-0.2, 0) is 6.54 Å². The van der Waals surface area contributed by atoms with Crippen molar-refractivity contribution in [2.45, 2.75) is 13.0 Å². The van der Waals surface area contributed by atoms with Crippen molar-refractivity contribution in [3.05, 3.63) is 74.3 Å². The molecule has 1 aromatic carbocycles. The van der Waals surface area contributed by atoms with Crippen molar-refractivity contribution >= 4 is 44.5 Å². The number of aromatic nitrogens is 2. The van der Waals surface area contributed by atoms with Gasteiger partial charge in [-0.2, -0.15) is 11.3 Å². The minimum atomic E-state index is 0.0776. The summed E-state index contributed by atoms with van der Waals surface area (Å²) in [6.45, 7) is 0.706. The number of nitrogens with zero attached hydrogens (tertiary/aromatic N) is 2. The topological polar surface area (TPSA) is 34.9 Å². The van der Waals surface area contributed by atoms with E-state index in [0.717, 1.165) is 39.2 Å². The fourth-order valence-electron chi connectivity index (χ4n) is 3.35. The molecule has 122 valence electrons. The maximum absolute atomic E-state index is 13.1. The quantitative estimate of drug-likeness (QED) is 0.495. The highest BCUT2D eigenvalue weighted by Gasteiger charge is 2.23. The van der Waals surface area contributed by atoms with Gasteiger partial charge in [0.05, 0.1) is 5.39 Å². The fraction of sp³-hybridized carbons (Fsp3) is 0.100. The van der Waals surface area contributed by atoms with Gasteiger partial charge in [0.2, 0.25) is 0 Å². The molecule has 0 atom stereocenters. The first-order valence-corrected chi connectivity index (χ1v) is 9.94. The first-order chi connectivity index (χ1) is 12.3. The predicted octanol–water partition coefficient (Wildman–Crippen LogP) is 5.13. The van der Waals surface area contributed by atoms with E-state index in [-0.39, 0.29) is 5.56 Å². The molecule has 1 aliphatic heterocycles. The van der Waals surface area contributed by atoms with Crippen molar-refractivity contribution in [2.24, 2.45) is 0 Å². The van der Waals surface area contributed by atoms with Gasteiger partial charge in [-0.05, 0) is 46.0 Å². The molecular weight excluding hydrogens is 348 g/mol. The van der Waals surface area contributed by atoms with Crippen LogP contribution in [0.15, 0.2) is 57.3 Å². The maximum atomic E-state index is 13.1. The van der Waals surface area contributed by atoms with Gasteiger partial charge in [0.15, 0.2) is 0 Å². The van der Waals surface area contributed by atoms with Crippen LogP contribution in [0.25, 0.3) is 33.0 Å². The molecule has 4 aromatic rings. The lowest BCUT2D eigenvalue weighted by molar-refractivity contribution is 0.726. The van der Waals surface area contributed by atoms with E-state index in [1.807, 2.05) is 40.3 Å². The third-order valence-corrected chi connectivity index (χ3v) is 6.13. The average Bonchev–Trinajstić information content (AvgIpc) is 3.37. The Balaban J connectivity index is 1.72. The third-order valence-electron chi connectivity index (χ3n) is 4.55. The summed E-state index contributed by atoms with van der Waals surface area (Å²) in [5.74, 6) is 0.824. The van der Waals surface area contributed by atoms with E-state index in [1.54, 1.807) is 22.7 Å². The van der Waals surface area contributed by atoms with Crippen molar-refractivity contribution in [1.82, 2.24) is 9.55 Å². The summed E-state index contributed by atoms with van der Waals surface area (Å²) in [4.78, 5) is 18.8. The standard InChI is InChI=1S/C20H14N2OS2/c23-20-17-16(14-4-2-1-3-5-14)12-25-19(17)21-18-15(6-8-22(18)20)10-13-7-9-24-11-13/h1-5,7,9-12H,6,8H2/b15-10-. The molecule has 0 bridgehead atoms. The Morgan fingerprint density at radius 3 is 2.80 bits per heavy atom. The van der Waals surface area contributed by atoms with Crippen LogP contribution in [0.3, 0.4) is 0 Å². The molecule has 0 unspecified atom stereocenters. The SMILES string of the molecule is O=c1c2c(-c3ccccc3)csc2nc2n1CC/C2=C/c1ccsc1. The zero-order valence-electron chi connectivity index (χ0n) is 13.3. The van der Waals surface area contributed by atoms with Gasteiger partial charge >= 0.3 is 0 Å². The molecule has 5 rings (SSSR count). The molecular formula is C20H14N2OS2. The largest absolute Gasteiger partial charge is 0.292 e. The Hall–Kier alpha value is -2.50. The monoisotopic (exact) mass is 362 g/mol. The number of thiophene rings is 2. The Morgan fingerprint density at radius 1 is 1.12 bits per heavy atom. The highest BCUT2D eigenvalue weighted by molar-refractivity contribution is 7.17. The molecule has 0 saturated heterocycles. The summed E-state index contributed by atoms with van der Waals surface area (Å²) < 4.78 is 1.83. The van der Waals surface area contributed by atoms with Crippen molar-refractivity contribution in [3.8, 4) is 11.1 Å². The van der Waals surface area contributed by atoms with Crippen LogP contribution < -0.4 is 5.56 Å². The number of allylic oxidation sites excluding steroid dienone is 1. The Kier molecular flexibility index (Phi) is 3.43. The van der Waals surface area contributed by atoms with Crippen LogP contribution >= 0.6 is 22.7 Å². The number of rotatable bonds is 2.